The van der Waals surface area contributed by atoms with Gasteiger partial charge in [-0.3, -0.25) is 4.79 Å². The first kappa shape index (κ1) is 14.3. The molecule has 0 radical (unpaired) electrons. The summed E-state index contributed by atoms with van der Waals surface area (Å²) in [6, 6.07) is 0.527. The molecule has 1 atom stereocenters. The molecule has 5 rings (SSSR count). The van der Waals surface area contributed by atoms with Crippen LogP contribution in [0.3, 0.4) is 0 Å². The van der Waals surface area contributed by atoms with Gasteiger partial charge in [-0.25, -0.2) is 4.79 Å². The number of aliphatic carboxylic acids is 1. The number of nitrogens with one attached hydrogen (secondary N) is 1. The Kier molecular flexibility index (Phi) is 2.70. The second-order valence-electron chi connectivity index (χ2n) is 8.57. The lowest BCUT2D eigenvalue weighted by Gasteiger charge is -2.74. The highest BCUT2D eigenvalue weighted by Gasteiger charge is 2.73. The maximum absolute atomic E-state index is 12.6. The summed E-state index contributed by atoms with van der Waals surface area (Å²) >= 11 is 0. The minimum absolute atomic E-state index is 0.0446. The predicted molar refractivity (Wildman–Crippen MR) is 80.5 cm³/mol. The van der Waals surface area contributed by atoms with E-state index in [0.29, 0.717) is 6.04 Å². The fourth-order valence-electron chi connectivity index (χ4n) is 5.44. The second-order valence-corrected chi connectivity index (χ2v) is 8.57. The quantitative estimate of drug-likeness (QED) is 0.816. The van der Waals surface area contributed by atoms with E-state index in [4.69, 9.17) is 0 Å². The molecule has 22 heavy (non-hydrogen) atoms. The van der Waals surface area contributed by atoms with Crippen molar-refractivity contribution in [3.8, 4) is 0 Å². The normalized spacial score (nSPS) is 40.1. The smallest absolute Gasteiger partial charge is 0.320 e. The molecule has 0 aromatic heterocycles. The van der Waals surface area contributed by atoms with Crippen molar-refractivity contribution < 1.29 is 14.7 Å². The van der Waals surface area contributed by atoms with Crippen LogP contribution in [0, 0.1) is 10.8 Å². The highest BCUT2D eigenvalue weighted by Crippen LogP contribution is 2.73. The molecule has 5 fully saturated rings. The van der Waals surface area contributed by atoms with Crippen LogP contribution in [0.5, 0.6) is 0 Å². The highest BCUT2D eigenvalue weighted by atomic mass is 16.4. The first-order chi connectivity index (χ1) is 10.3. The van der Waals surface area contributed by atoms with Crippen molar-refractivity contribution in [2.45, 2.75) is 51.1 Å². The molecule has 2 saturated heterocycles. The van der Waals surface area contributed by atoms with E-state index >= 15 is 0 Å². The first-order valence-electron chi connectivity index (χ1n) is 8.30. The van der Waals surface area contributed by atoms with E-state index in [2.05, 4.69) is 10.2 Å². The standard InChI is InChI=1S/C16H25N3O3/c1-14(2,12(20)21)7-15-8-16(9-15,10-15)19-6-11-5-17-3-4-18(11)13(19)22/h11,17H,3-10H2,1-2H3,(H,20,21)/t11-,15?,16?/m0/s1. The number of carbonyl (C=O) groups is 2. The van der Waals surface area contributed by atoms with Crippen molar-refractivity contribution in [3.05, 3.63) is 0 Å². The third-order valence-electron chi connectivity index (χ3n) is 6.30. The molecule has 2 heterocycles. The van der Waals surface area contributed by atoms with Gasteiger partial charge < -0.3 is 20.2 Å². The van der Waals surface area contributed by atoms with Gasteiger partial charge in [-0.15, -0.1) is 0 Å². The van der Waals surface area contributed by atoms with Gasteiger partial charge in [0.2, 0.25) is 0 Å². The molecule has 2 amide bonds. The van der Waals surface area contributed by atoms with Crippen LogP contribution in [0.25, 0.3) is 0 Å². The van der Waals surface area contributed by atoms with Gasteiger partial charge in [0.15, 0.2) is 0 Å². The van der Waals surface area contributed by atoms with Crippen LogP contribution in [0.1, 0.15) is 39.5 Å². The van der Waals surface area contributed by atoms with Crippen LogP contribution in [0.4, 0.5) is 4.79 Å². The Hall–Kier alpha value is -1.30. The number of fused-ring (bicyclic) bond motifs is 1. The Bertz CT molecular complexity index is 525. The van der Waals surface area contributed by atoms with E-state index < -0.39 is 11.4 Å². The van der Waals surface area contributed by atoms with Crippen LogP contribution in [0.15, 0.2) is 0 Å². The number of carboxylic acids is 1. The minimum Gasteiger partial charge on any atom is -0.481 e. The van der Waals surface area contributed by atoms with Crippen LogP contribution in [-0.4, -0.2) is 64.7 Å². The second kappa shape index (κ2) is 4.16. The Morgan fingerprint density at radius 1 is 1.41 bits per heavy atom. The summed E-state index contributed by atoms with van der Waals surface area (Å²) in [7, 11) is 0. The van der Waals surface area contributed by atoms with E-state index in [0.717, 1.165) is 51.9 Å². The number of amides is 2. The van der Waals surface area contributed by atoms with Crippen molar-refractivity contribution in [2.75, 3.05) is 26.2 Å². The molecule has 0 aromatic rings. The molecule has 6 nitrogen and oxygen atoms in total. The van der Waals surface area contributed by atoms with Gasteiger partial charge in [0.25, 0.3) is 0 Å². The molecule has 0 unspecified atom stereocenters. The summed E-state index contributed by atoms with van der Waals surface area (Å²) in [5.74, 6) is -0.716. The molecule has 3 saturated carbocycles. The monoisotopic (exact) mass is 307 g/mol. The van der Waals surface area contributed by atoms with Crippen molar-refractivity contribution in [1.82, 2.24) is 15.1 Å². The number of urea groups is 1. The fraction of sp³-hybridized carbons (Fsp3) is 0.875. The Balaban J connectivity index is 1.42. The SMILES string of the molecule is CC(C)(CC12CC(N3C[C@@H]4CNCCN4C3=O)(C1)C2)C(=O)O. The first-order valence-corrected chi connectivity index (χ1v) is 8.30. The summed E-state index contributed by atoms with van der Waals surface area (Å²) < 4.78 is 0. The minimum atomic E-state index is -0.716. The van der Waals surface area contributed by atoms with E-state index in [1.807, 2.05) is 18.7 Å². The van der Waals surface area contributed by atoms with Gasteiger partial charge >= 0.3 is 12.0 Å². The average Bonchev–Trinajstić information content (AvgIpc) is 2.70. The number of carbonyl (C=O) groups excluding carboxylic acids is 1. The van der Waals surface area contributed by atoms with Crippen LogP contribution in [0.2, 0.25) is 0 Å². The van der Waals surface area contributed by atoms with Crippen molar-refractivity contribution in [1.29, 1.82) is 0 Å². The molecular weight excluding hydrogens is 282 g/mol. The van der Waals surface area contributed by atoms with Gasteiger partial charge in [-0.2, -0.15) is 0 Å². The number of hydrogen-bond donors (Lipinski definition) is 2. The Labute approximate surface area is 130 Å². The molecular formula is C16H25N3O3. The molecule has 122 valence electrons. The Morgan fingerprint density at radius 3 is 2.68 bits per heavy atom. The van der Waals surface area contributed by atoms with Gasteiger partial charge in [0, 0.05) is 31.7 Å². The lowest BCUT2D eigenvalue weighted by atomic mass is 9.36. The molecule has 0 spiro atoms. The van der Waals surface area contributed by atoms with Crippen LogP contribution >= 0.6 is 0 Å². The molecule has 2 N–H and O–H groups in total. The topological polar surface area (TPSA) is 72.9 Å². The molecule has 3 aliphatic carbocycles. The summed E-state index contributed by atoms with van der Waals surface area (Å²) in [6.45, 7) is 7.07. The number of piperazine rings is 1. The predicted octanol–water partition coefficient (Wildman–Crippen LogP) is 1.12. The van der Waals surface area contributed by atoms with E-state index in [-0.39, 0.29) is 17.0 Å². The lowest BCUT2D eigenvalue weighted by molar-refractivity contribution is -0.218. The zero-order valence-corrected chi connectivity index (χ0v) is 13.4. The highest BCUT2D eigenvalue weighted by molar-refractivity contribution is 5.79. The number of rotatable bonds is 4. The lowest BCUT2D eigenvalue weighted by Crippen LogP contribution is -2.75. The van der Waals surface area contributed by atoms with E-state index in [1.165, 1.54) is 0 Å². The van der Waals surface area contributed by atoms with Gasteiger partial charge in [0.1, 0.15) is 0 Å². The van der Waals surface area contributed by atoms with Crippen molar-refractivity contribution >= 4 is 12.0 Å². The van der Waals surface area contributed by atoms with Gasteiger partial charge in [0.05, 0.1) is 11.5 Å². The molecule has 2 aliphatic heterocycles. The number of hydrogen-bond acceptors (Lipinski definition) is 3. The molecule has 5 aliphatic rings. The summed E-state index contributed by atoms with van der Waals surface area (Å²) in [5.41, 5.74) is -0.449. The summed E-state index contributed by atoms with van der Waals surface area (Å²) in [4.78, 5) is 28.1. The third kappa shape index (κ3) is 1.76. The molecule has 6 heteroatoms. The van der Waals surface area contributed by atoms with Gasteiger partial charge in [-0.05, 0) is 44.9 Å². The summed E-state index contributed by atoms with van der Waals surface area (Å²) in [6.07, 6.45) is 3.72. The van der Waals surface area contributed by atoms with Crippen LogP contribution in [-0.2, 0) is 4.79 Å². The maximum Gasteiger partial charge on any atom is 0.320 e. The fourth-order valence-corrected chi connectivity index (χ4v) is 5.44. The van der Waals surface area contributed by atoms with Gasteiger partial charge in [-0.1, -0.05) is 0 Å². The zero-order valence-electron chi connectivity index (χ0n) is 13.4. The Morgan fingerprint density at radius 2 is 2.09 bits per heavy atom. The van der Waals surface area contributed by atoms with E-state index in [1.54, 1.807) is 0 Å². The van der Waals surface area contributed by atoms with E-state index in [9.17, 15) is 14.7 Å². The van der Waals surface area contributed by atoms with Crippen molar-refractivity contribution in [3.63, 3.8) is 0 Å². The molecule has 2 bridgehead atoms. The largest absolute Gasteiger partial charge is 0.481 e. The zero-order chi connectivity index (χ0) is 15.8. The van der Waals surface area contributed by atoms with Crippen molar-refractivity contribution in [2.24, 2.45) is 10.8 Å². The van der Waals surface area contributed by atoms with Crippen LogP contribution < -0.4 is 5.32 Å². The maximum atomic E-state index is 12.6. The summed E-state index contributed by atoms with van der Waals surface area (Å²) in [5, 5.41) is 12.7. The molecule has 0 aromatic carbocycles. The number of nitrogens with zero attached hydrogens (tertiary/aromatic N) is 2. The average molecular weight is 307 g/mol. The number of carboxylic acid groups (broad SMARTS) is 1. The third-order valence-corrected chi connectivity index (χ3v) is 6.30.